The van der Waals surface area contributed by atoms with Gasteiger partial charge in [0, 0.05) is 0 Å². The van der Waals surface area contributed by atoms with Crippen LogP contribution in [-0.2, 0) is 6.18 Å². The van der Waals surface area contributed by atoms with Crippen LogP contribution in [0.3, 0.4) is 0 Å². The lowest BCUT2D eigenvalue weighted by atomic mass is 10.0. The summed E-state index contributed by atoms with van der Waals surface area (Å²) in [5, 5.41) is 9.14. The fourth-order valence-corrected chi connectivity index (χ4v) is 1.25. The molecule has 2 nitrogen and oxygen atoms in total. The predicted octanol–water partition coefficient (Wildman–Crippen LogP) is 2.65. The van der Waals surface area contributed by atoms with E-state index in [0.717, 1.165) is 6.07 Å². The highest BCUT2D eigenvalue weighted by Gasteiger charge is 2.34. The fourth-order valence-electron chi connectivity index (χ4n) is 1.25. The number of aliphatic hydroxyl groups excluding tert-OH is 1. The zero-order valence-corrected chi connectivity index (χ0v) is 9.65. The van der Waals surface area contributed by atoms with Crippen molar-refractivity contribution in [3.8, 4) is 0 Å². The molecule has 0 spiro atoms. The second-order valence-electron chi connectivity index (χ2n) is 3.50. The molecule has 0 aliphatic rings. The Labute approximate surface area is 102 Å². The van der Waals surface area contributed by atoms with Gasteiger partial charge in [-0.1, -0.05) is 6.07 Å². The van der Waals surface area contributed by atoms with Crippen LogP contribution in [0, 0.1) is 5.82 Å². The average molecular weight is 274 g/mol. The Hall–Kier alpha value is -0.850. The quantitative estimate of drug-likeness (QED) is 0.814. The van der Waals surface area contributed by atoms with Gasteiger partial charge in [-0.25, -0.2) is 4.39 Å². The molecule has 0 aromatic heterocycles. The number of nitrogens with two attached hydrogens (primary N) is 1. The van der Waals surface area contributed by atoms with Crippen molar-refractivity contribution in [2.75, 3.05) is 0 Å². The molecule has 0 radical (unpaired) electrons. The summed E-state index contributed by atoms with van der Waals surface area (Å²) in [5.74, 6) is -1.35. The normalized spacial score (nSPS) is 15.0. The van der Waals surface area contributed by atoms with Gasteiger partial charge >= 0.3 is 6.18 Å². The van der Waals surface area contributed by atoms with E-state index in [2.05, 4.69) is 0 Å². The molecule has 0 heterocycles. The van der Waals surface area contributed by atoms with Crippen molar-refractivity contribution in [2.24, 2.45) is 5.73 Å². The smallest absolute Gasteiger partial charge is 0.391 e. The third-order valence-corrected chi connectivity index (χ3v) is 2.20. The van der Waals surface area contributed by atoms with Crippen LogP contribution in [0.25, 0.3) is 0 Å². The van der Waals surface area contributed by atoms with Crippen molar-refractivity contribution in [3.63, 3.8) is 0 Å². The molecule has 1 aromatic rings. The van der Waals surface area contributed by atoms with Gasteiger partial charge in [0.25, 0.3) is 0 Å². The molecule has 0 saturated heterocycles. The molecular formula is C10H12ClF4NO. The molecule has 2 atom stereocenters. The highest BCUT2D eigenvalue weighted by molar-refractivity contribution is 5.85. The molecule has 0 saturated carbocycles. The molecular weight excluding hydrogens is 262 g/mol. The molecule has 3 N–H and O–H groups in total. The fraction of sp³-hybridized carbons (Fsp3) is 0.400. The van der Waals surface area contributed by atoms with E-state index < -0.39 is 29.7 Å². The standard InChI is InChI=1S/C10H11F4NO.ClH/c1-5(16)9(15)6-2-3-8(11)7(4-6)10(12,13)14;/h2-5,9,16H,15H2,1H3;1H/t5-,9-;/m1./s1. The van der Waals surface area contributed by atoms with Crippen molar-refractivity contribution in [2.45, 2.75) is 25.2 Å². The number of hydrogen-bond acceptors (Lipinski definition) is 2. The summed E-state index contributed by atoms with van der Waals surface area (Å²) in [5.41, 5.74) is 4.13. The van der Waals surface area contributed by atoms with Crippen LogP contribution in [0.5, 0.6) is 0 Å². The zero-order chi connectivity index (χ0) is 12.5. The number of alkyl halides is 3. The summed E-state index contributed by atoms with van der Waals surface area (Å²) in [7, 11) is 0. The van der Waals surface area contributed by atoms with Crippen molar-refractivity contribution >= 4 is 12.4 Å². The Balaban J connectivity index is 0.00000256. The lowest BCUT2D eigenvalue weighted by Crippen LogP contribution is -2.24. The highest BCUT2D eigenvalue weighted by Crippen LogP contribution is 2.33. The van der Waals surface area contributed by atoms with Gasteiger partial charge in [0.05, 0.1) is 17.7 Å². The highest BCUT2D eigenvalue weighted by atomic mass is 35.5. The second kappa shape index (κ2) is 5.66. The maximum Gasteiger partial charge on any atom is 0.419 e. The lowest BCUT2D eigenvalue weighted by Gasteiger charge is -2.17. The van der Waals surface area contributed by atoms with Gasteiger partial charge in [-0.15, -0.1) is 12.4 Å². The van der Waals surface area contributed by atoms with Crippen molar-refractivity contribution in [3.05, 3.63) is 35.1 Å². The SMILES string of the molecule is C[C@@H](O)[C@@H](N)c1ccc(F)c(C(F)(F)F)c1.Cl. The van der Waals surface area contributed by atoms with E-state index in [-0.39, 0.29) is 18.0 Å². The van der Waals surface area contributed by atoms with Crippen LogP contribution >= 0.6 is 12.4 Å². The number of aliphatic hydroxyl groups is 1. The third-order valence-electron chi connectivity index (χ3n) is 2.20. The molecule has 7 heteroatoms. The van der Waals surface area contributed by atoms with Crippen LogP contribution in [0.1, 0.15) is 24.1 Å². The summed E-state index contributed by atoms with van der Waals surface area (Å²) in [6, 6.07) is 1.47. The lowest BCUT2D eigenvalue weighted by molar-refractivity contribution is -0.140. The minimum absolute atomic E-state index is 0. The Morgan fingerprint density at radius 2 is 1.82 bits per heavy atom. The summed E-state index contributed by atoms with van der Waals surface area (Å²) >= 11 is 0. The summed E-state index contributed by atoms with van der Waals surface area (Å²) in [6.07, 6.45) is -5.77. The van der Waals surface area contributed by atoms with Gasteiger partial charge in [-0.05, 0) is 24.6 Å². The first kappa shape index (κ1) is 16.1. The van der Waals surface area contributed by atoms with Gasteiger partial charge in [0.15, 0.2) is 0 Å². The first-order chi connectivity index (χ1) is 7.23. The average Bonchev–Trinajstić information content (AvgIpc) is 2.15. The summed E-state index contributed by atoms with van der Waals surface area (Å²) in [4.78, 5) is 0. The first-order valence-corrected chi connectivity index (χ1v) is 4.53. The van der Waals surface area contributed by atoms with E-state index in [1.54, 1.807) is 0 Å². The summed E-state index contributed by atoms with van der Waals surface area (Å²) < 4.78 is 50.0. The number of halogens is 5. The monoisotopic (exact) mass is 273 g/mol. The maximum atomic E-state index is 12.9. The van der Waals surface area contributed by atoms with Crippen LogP contribution in [0.4, 0.5) is 17.6 Å². The van der Waals surface area contributed by atoms with E-state index in [9.17, 15) is 17.6 Å². The van der Waals surface area contributed by atoms with E-state index >= 15 is 0 Å². The minimum Gasteiger partial charge on any atom is -0.391 e. The zero-order valence-electron chi connectivity index (χ0n) is 8.83. The van der Waals surface area contributed by atoms with Crippen LogP contribution in [0.2, 0.25) is 0 Å². The first-order valence-electron chi connectivity index (χ1n) is 4.53. The van der Waals surface area contributed by atoms with Gasteiger partial charge in [0.2, 0.25) is 0 Å². The van der Waals surface area contributed by atoms with Crippen LogP contribution < -0.4 is 5.73 Å². The third kappa shape index (κ3) is 3.83. The second-order valence-corrected chi connectivity index (χ2v) is 3.50. The molecule has 0 aliphatic heterocycles. The van der Waals surface area contributed by atoms with Crippen LogP contribution in [-0.4, -0.2) is 11.2 Å². The van der Waals surface area contributed by atoms with Gasteiger partial charge < -0.3 is 10.8 Å². The molecule has 0 aliphatic carbocycles. The Morgan fingerprint density at radius 1 is 1.29 bits per heavy atom. The van der Waals surface area contributed by atoms with Crippen LogP contribution in [0.15, 0.2) is 18.2 Å². The molecule has 0 bridgehead atoms. The van der Waals surface area contributed by atoms with Gasteiger partial charge in [0.1, 0.15) is 5.82 Å². The van der Waals surface area contributed by atoms with Crippen molar-refractivity contribution in [1.29, 1.82) is 0 Å². The van der Waals surface area contributed by atoms with Crippen molar-refractivity contribution < 1.29 is 22.7 Å². The van der Waals surface area contributed by atoms with Gasteiger partial charge in [-0.2, -0.15) is 13.2 Å². The molecule has 1 rings (SSSR count). The van der Waals surface area contributed by atoms with E-state index in [4.69, 9.17) is 10.8 Å². The number of benzene rings is 1. The Kier molecular flexibility index (Phi) is 5.38. The topological polar surface area (TPSA) is 46.2 Å². The maximum absolute atomic E-state index is 12.9. The molecule has 98 valence electrons. The number of hydrogen-bond donors (Lipinski definition) is 2. The van der Waals surface area contributed by atoms with Crippen molar-refractivity contribution in [1.82, 2.24) is 0 Å². The van der Waals surface area contributed by atoms with Gasteiger partial charge in [-0.3, -0.25) is 0 Å². The number of rotatable bonds is 2. The Morgan fingerprint density at radius 3 is 2.24 bits per heavy atom. The molecule has 0 amide bonds. The minimum atomic E-state index is -4.77. The summed E-state index contributed by atoms with van der Waals surface area (Å²) in [6.45, 7) is 1.35. The van der Waals surface area contributed by atoms with E-state index in [0.29, 0.717) is 12.1 Å². The predicted molar refractivity (Wildman–Crippen MR) is 57.3 cm³/mol. The largest absolute Gasteiger partial charge is 0.419 e. The van der Waals surface area contributed by atoms with E-state index in [1.165, 1.54) is 6.92 Å². The van der Waals surface area contributed by atoms with E-state index in [1.807, 2.05) is 0 Å². The Bertz CT molecular complexity index is 381. The molecule has 0 unspecified atom stereocenters. The molecule has 1 aromatic carbocycles. The molecule has 17 heavy (non-hydrogen) atoms. The molecule has 0 fully saturated rings.